The highest BCUT2D eigenvalue weighted by Gasteiger charge is 2.15. The number of carbonyl (C=O) groups excluding carboxylic acids is 1. The Morgan fingerprint density at radius 2 is 1.57 bits per heavy atom. The van der Waals surface area contributed by atoms with Crippen LogP contribution in [0, 0.1) is 0 Å². The Morgan fingerprint density at radius 3 is 2.35 bits per heavy atom. The van der Waals surface area contributed by atoms with E-state index in [2.05, 4.69) is 27.2 Å². The summed E-state index contributed by atoms with van der Waals surface area (Å²) in [5.41, 5.74) is 2.25. The molecular formula is C19H29N3O. The van der Waals surface area contributed by atoms with E-state index in [0.29, 0.717) is 6.54 Å². The van der Waals surface area contributed by atoms with Crippen LogP contribution in [0.15, 0.2) is 24.3 Å². The topological polar surface area (TPSA) is 35.6 Å². The fourth-order valence-corrected chi connectivity index (χ4v) is 3.66. The maximum absolute atomic E-state index is 12.3. The van der Waals surface area contributed by atoms with Gasteiger partial charge in [0.05, 0.1) is 6.54 Å². The molecule has 2 saturated heterocycles. The molecule has 2 aliphatic rings. The number of amides is 1. The zero-order chi connectivity index (χ0) is 15.9. The number of hydrogen-bond acceptors (Lipinski definition) is 3. The normalized spacial score (nSPS) is 19.8. The van der Waals surface area contributed by atoms with Gasteiger partial charge in [-0.2, -0.15) is 0 Å². The molecule has 126 valence electrons. The molecule has 23 heavy (non-hydrogen) atoms. The Labute approximate surface area is 139 Å². The van der Waals surface area contributed by atoms with Crippen molar-refractivity contribution in [2.75, 3.05) is 44.6 Å². The number of anilines is 1. The highest BCUT2D eigenvalue weighted by molar-refractivity contribution is 5.93. The second-order valence-electron chi connectivity index (χ2n) is 6.84. The molecule has 0 unspecified atom stereocenters. The molecule has 2 aliphatic heterocycles. The summed E-state index contributed by atoms with van der Waals surface area (Å²) >= 11 is 0. The molecule has 1 amide bonds. The molecule has 4 heteroatoms. The third-order valence-corrected chi connectivity index (χ3v) is 5.00. The quantitative estimate of drug-likeness (QED) is 0.877. The van der Waals surface area contributed by atoms with Crippen LogP contribution < -0.4 is 5.32 Å². The zero-order valence-electron chi connectivity index (χ0n) is 14.1. The molecule has 0 aliphatic carbocycles. The van der Waals surface area contributed by atoms with E-state index in [-0.39, 0.29) is 5.91 Å². The smallest absolute Gasteiger partial charge is 0.238 e. The number of likely N-dealkylation sites (tertiary alicyclic amines) is 2. The van der Waals surface area contributed by atoms with Gasteiger partial charge < -0.3 is 10.2 Å². The molecule has 1 aromatic carbocycles. The minimum absolute atomic E-state index is 0.125. The van der Waals surface area contributed by atoms with Gasteiger partial charge in [-0.1, -0.05) is 24.6 Å². The number of nitrogens with zero attached hydrogens (tertiary/aromatic N) is 2. The van der Waals surface area contributed by atoms with Crippen molar-refractivity contribution in [3.05, 3.63) is 29.8 Å². The second kappa shape index (κ2) is 8.46. The highest BCUT2D eigenvalue weighted by Crippen LogP contribution is 2.18. The maximum Gasteiger partial charge on any atom is 0.238 e. The molecule has 1 aromatic rings. The summed E-state index contributed by atoms with van der Waals surface area (Å²) in [5, 5.41) is 3.13. The lowest BCUT2D eigenvalue weighted by Gasteiger charge is -2.25. The van der Waals surface area contributed by atoms with Gasteiger partial charge in [0.25, 0.3) is 0 Å². The van der Waals surface area contributed by atoms with Crippen LogP contribution in [-0.2, 0) is 11.2 Å². The molecule has 0 spiro atoms. The Kier molecular flexibility index (Phi) is 6.06. The highest BCUT2D eigenvalue weighted by atomic mass is 16.2. The van der Waals surface area contributed by atoms with Crippen molar-refractivity contribution < 1.29 is 4.79 Å². The van der Waals surface area contributed by atoms with E-state index in [9.17, 15) is 4.79 Å². The van der Waals surface area contributed by atoms with Gasteiger partial charge in [0.2, 0.25) is 5.91 Å². The van der Waals surface area contributed by atoms with Gasteiger partial charge in [0.15, 0.2) is 0 Å². The van der Waals surface area contributed by atoms with E-state index in [0.717, 1.165) is 31.7 Å². The van der Waals surface area contributed by atoms with Crippen LogP contribution in [0.5, 0.6) is 0 Å². The van der Waals surface area contributed by atoms with E-state index in [1.165, 1.54) is 50.8 Å². The maximum atomic E-state index is 12.3. The largest absolute Gasteiger partial charge is 0.325 e. The lowest BCUT2D eigenvalue weighted by Crippen LogP contribution is -2.37. The Balaban J connectivity index is 1.52. The number of benzene rings is 1. The molecule has 3 rings (SSSR count). The molecule has 0 atom stereocenters. The predicted molar refractivity (Wildman–Crippen MR) is 94.7 cm³/mol. The molecule has 0 saturated carbocycles. The van der Waals surface area contributed by atoms with Crippen molar-refractivity contribution in [3.8, 4) is 0 Å². The van der Waals surface area contributed by atoms with Crippen molar-refractivity contribution in [1.29, 1.82) is 0 Å². The van der Waals surface area contributed by atoms with E-state index in [4.69, 9.17) is 0 Å². The van der Waals surface area contributed by atoms with Gasteiger partial charge >= 0.3 is 0 Å². The summed E-state index contributed by atoms with van der Waals surface area (Å²) in [5.74, 6) is 0.125. The SMILES string of the molecule is O=C(CN1CCCCC1)Nc1ccccc1CCN1CCCC1. The van der Waals surface area contributed by atoms with Crippen LogP contribution in [0.2, 0.25) is 0 Å². The predicted octanol–water partition coefficient (Wildman–Crippen LogP) is 2.75. The number of nitrogens with one attached hydrogen (secondary N) is 1. The minimum atomic E-state index is 0.125. The van der Waals surface area contributed by atoms with Crippen LogP contribution in [-0.4, -0.2) is 55.0 Å². The van der Waals surface area contributed by atoms with Crippen molar-refractivity contribution in [1.82, 2.24) is 9.80 Å². The monoisotopic (exact) mass is 315 g/mol. The second-order valence-corrected chi connectivity index (χ2v) is 6.84. The van der Waals surface area contributed by atoms with E-state index in [1.54, 1.807) is 0 Å². The standard InChI is InChI=1S/C19H29N3O/c23-19(16-22-13-4-1-5-14-22)20-18-9-3-2-8-17(18)10-15-21-11-6-7-12-21/h2-3,8-9H,1,4-7,10-16H2,(H,20,23). The van der Waals surface area contributed by atoms with Crippen LogP contribution >= 0.6 is 0 Å². The molecule has 0 aromatic heterocycles. The van der Waals surface area contributed by atoms with Crippen molar-refractivity contribution in [2.45, 2.75) is 38.5 Å². The summed E-state index contributed by atoms with van der Waals surface area (Å²) in [6, 6.07) is 8.26. The van der Waals surface area contributed by atoms with Gasteiger partial charge in [-0.25, -0.2) is 0 Å². The van der Waals surface area contributed by atoms with Crippen LogP contribution in [0.3, 0.4) is 0 Å². The minimum Gasteiger partial charge on any atom is -0.325 e. The third kappa shape index (κ3) is 5.05. The van der Waals surface area contributed by atoms with Gasteiger partial charge in [0, 0.05) is 12.2 Å². The molecule has 2 fully saturated rings. The summed E-state index contributed by atoms with van der Waals surface area (Å²) < 4.78 is 0. The van der Waals surface area contributed by atoms with Crippen molar-refractivity contribution >= 4 is 11.6 Å². The number of piperidine rings is 1. The Bertz CT molecular complexity index is 505. The van der Waals surface area contributed by atoms with Gasteiger partial charge in [-0.05, 0) is 69.9 Å². The first kappa shape index (κ1) is 16.5. The third-order valence-electron chi connectivity index (χ3n) is 5.00. The summed E-state index contributed by atoms with van der Waals surface area (Å²) in [7, 11) is 0. The van der Waals surface area contributed by atoms with Gasteiger partial charge in [0.1, 0.15) is 0 Å². The first-order chi connectivity index (χ1) is 11.3. The molecule has 0 bridgehead atoms. The number of para-hydroxylation sites is 1. The molecular weight excluding hydrogens is 286 g/mol. The van der Waals surface area contributed by atoms with Crippen LogP contribution in [0.4, 0.5) is 5.69 Å². The Morgan fingerprint density at radius 1 is 0.913 bits per heavy atom. The van der Waals surface area contributed by atoms with Crippen molar-refractivity contribution in [3.63, 3.8) is 0 Å². The average Bonchev–Trinajstić information content (AvgIpc) is 3.08. The zero-order valence-corrected chi connectivity index (χ0v) is 14.1. The van der Waals surface area contributed by atoms with Crippen LogP contribution in [0.25, 0.3) is 0 Å². The van der Waals surface area contributed by atoms with E-state index >= 15 is 0 Å². The van der Waals surface area contributed by atoms with E-state index < -0.39 is 0 Å². The number of rotatable bonds is 6. The van der Waals surface area contributed by atoms with Gasteiger partial charge in [-0.15, -0.1) is 0 Å². The lowest BCUT2D eigenvalue weighted by atomic mass is 10.1. The van der Waals surface area contributed by atoms with E-state index in [1.807, 2.05) is 12.1 Å². The van der Waals surface area contributed by atoms with Crippen LogP contribution in [0.1, 0.15) is 37.7 Å². The van der Waals surface area contributed by atoms with Crippen molar-refractivity contribution in [2.24, 2.45) is 0 Å². The van der Waals surface area contributed by atoms with Gasteiger partial charge in [-0.3, -0.25) is 9.69 Å². The Hall–Kier alpha value is -1.39. The summed E-state index contributed by atoms with van der Waals surface area (Å²) in [6.45, 7) is 6.19. The number of carbonyl (C=O) groups is 1. The molecule has 1 N–H and O–H groups in total. The fraction of sp³-hybridized carbons (Fsp3) is 0.632. The number of hydrogen-bond donors (Lipinski definition) is 1. The molecule has 4 nitrogen and oxygen atoms in total. The molecule has 2 heterocycles. The lowest BCUT2D eigenvalue weighted by molar-refractivity contribution is -0.117. The first-order valence-corrected chi connectivity index (χ1v) is 9.14. The summed E-state index contributed by atoms with van der Waals surface area (Å²) in [4.78, 5) is 17.1. The fourth-order valence-electron chi connectivity index (χ4n) is 3.66. The summed E-state index contributed by atoms with van der Waals surface area (Å²) in [6.07, 6.45) is 7.42. The first-order valence-electron chi connectivity index (χ1n) is 9.14. The molecule has 0 radical (unpaired) electrons. The average molecular weight is 315 g/mol.